The van der Waals surface area contributed by atoms with Crippen molar-refractivity contribution < 1.29 is 19.4 Å². The van der Waals surface area contributed by atoms with Crippen LogP contribution < -0.4 is 5.32 Å². The van der Waals surface area contributed by atoms with Crippen LogP contribution in [0.2, 0.25) is 0 Å². The minimum Gasteiger partial charge on any atom is -0.450 e. The van der Waals surface area contributed by atoms with E-state index in [-0.39, 0.29) is 25.3 Å². The molecule has 1 saturated carbocycles. The standard InChI is InChI=1S/C12H22N2O4/c1-3-18-12(17)13-11(16)8-14(2)9-6-4-5-7-10(9)15/h9-10,15H,3-8H2,1-2H3,(H,13,16,17). The predicted molar refractivity (Wildman–Crippen MR) is 66.1 cm³/mol. The van der Waals surface area contributed by atoms with Gasteiger partial charge in [-0.25, -0.2) is 4.79 Å². The van der Waals surface area contributed by atoms with E-state index in [1.807, 2.05) is 0 Å². The van der Waals surface area contributed by atoms with Crippen LogP contribution in [0.4, 0.5) is 4.79 Å². The Bertz CT molecular complexity index is 296. The summed E-state index contributed by atoms with van der Waals surface area (Å²) in [5, 5.41) is 12.0. The van der Waals surface area contributed by atoms with E-state index < -0.39 is 12.0 Å². The van der Waals surface area contributed by atoms with Crippen LogP contribution in [0.5, 0.6) is 0 Å². The number of nitrogens with one attached hydrogen (secondary N) is 1. The quantitative estimate of drug-likeness (QED) is 0.767. The van der Waals surface area contributed by atoms with Crippen molar-refractivity contribution in [2.45, 2.75) is 44.8 Å². The van der Waals surface area contributed by atoms with Crippen molar-refractivity contribution in [3.63, 3.8) is 0 Å². The van der Waals surface area contributed by atoms with Gasteiger partial charge in [0.1, 0.15) is 0 Å². The smallest absolute Gasteiger partial charge is 0.413 e. The van der Waals surface area contributed by atoms with Crippen LogP contribution >= 0.6 is 0 Å². The maximum absolute atomic E-state index is 11.6. The number of aliphatic hydroxyl groups is 1. The van der Waals surface area contributed by atoms with Gasteiger partial charge >= 0.3 is 6.09 Å². The second kappa shape index (κ2) is 7.33. The monoisotopic (exact) mass is 258 g/mol. The van der Waals surface area contributed by atoms with Crippen LogP contribution in [0.25, 0.3) is 0 Å². The van der Waals surface area contributed by atoms with E-state index in [0.29, 0.717) is 0 Å². The molecule has 0 spiro atoms. The Hall–Kier alpha value is -1.14. The van der Waals surface area contributed by atoms with Gasteiger partial charge in [0, 0.05) is 6.04 Å². The van der Waals surface area contributed by atoms with Gasteiger partial charge in [0.15, 0.2) is 0 Å². The molecule has 0 saturated heterocycles. The topological polar surface area (TPSA) is 78.9 Å². The van der Waals surface area contributed by atoms with Crippen molar-refractivity contribution in [1.82, 2.24) is 10.2 Å². The fraction of sp³-hybridized carbons (Fsp3) is 0.833. The fourth-order valence-corrected chi connectivity index (χ4v) is 2.27. The molecule has 1 rings (SSSR count). The summed E-state index contributed by atoms with van der Waals surface area (Å²) in [5.41, 5.74) is 0. The first-order valence-corrected chi connectivity index (χ1v) is 6.39. The average molecular weight is 258 g/mol. The van der Waals surface area contributed by atoms with E-state index in [1.165, 1.54) is 0 Å². The maximum atomic E-state index is 11.6. The molecule has 104 valence electrons. The molecule has 0 bridgehead atoms. The second-order valence-electron chi connectivity index (χ2n) is 4.60. The van der Waals surface area contributed by atoms with Crippen molar-refractivity contribution in [3.8, 4) is 0 Å². The SMILES string of the molecule is CCOC(=O)NC(=O)CN(C)C1CCCCC1O. The Morgan fingerprint density at radius 3 is 2.67 bits per heavy atom. The van der Waals surface area contributed by atoms with E-state index in [0.717, 1.165) is 25.7 Å². The molecular weight excluding hydrogens is 236 g/mol. The molecule has 1 aliphatic carbocycles. The Labute approximate surface area is 107 Å². The lowest BCUT2D eigenvalue weighted by Crippen LogP contribution is -2.48. The summed E-state index contributed by atoms with van der Waals surface area (Å²) in [4.78, 5) is 24.4. The number of imide groups is 1. The van der Waals surface area contributed by atoms with Crippen molar-refractivity contribution in [2.24, 2.45) is 0 Å². The zero-order valence-electron chi connectivity index (χ0n) is 11.0. The largest absolute Gasteiger partial charge is 0.450 e. The summed E-state index contributed by atoms with van der Waals surface area (Å²) in [5.74, 6) is -0.409. The molecule has 2 amide bonds. The normalized spacial score (nSPS) is 23.8. The third-order valence-corrected chi connectivity index (χ3v) is 3.17. The number of aliphatic hydroxyl groups excluding tert-OH is 1. The van der Waals surface area contributed by atoms with Crippen LogP contribution in [0.3, 0.4) is 0 Å². The summed E-state index contributed by atoms with van der Waals surface area (Å²) < 4.78 is 4.62. The van der Waals surface area contributed by atoms with Crippen LogP contribution in [0, 0.1) is 0 Å². The molecule has 0 radical (unpaired) electrons. The molecule has 2 unspecified atom stereocenters. The summed E-state index contributed by atoms with van der Waals surface area (Å²) in [6.07, 6.45) is 2.63. The highest BCUT2D eigenvalue weighted by Gasteiger charge is 2.27. The maximum Gasteiger partial charge on any atom is 0.413 e. The van der Waals surface area contributed by atoms with E-state index in [9.17, 15) is 14.7 Å². The van der Waals surface area contributed by atoms with Gasteiger partial charge < -0.3 is 9.84 Å². The summed E-state index contributed by atoms with van der Waals surface area (Å²) >= 11 is 0. The van der Waals surface area contributed by atoms with E-state index in [4.69, 9.17) is 0 Å². The molecular formula is C12H22N2O4. The zero-order valence-corrected chi connectivity index (χ0v) is 11.0. The van der Waals surface area contributed by atoms with E-state index in [1.54, 1.807) is 18.9 Å². The Morgan fingerprint density at radius 2 is 2.06 bits per heavy atom. The Kier molecular flexibility index (Phi) is 6.07. The van der Waals surface area contributed by atoms with Gasteiger partial charge in [-0.3, -0.25) is 15.0 Å². The van der Waals surface area contributed by atoms with Crippen molar-refractivity contribution >= 4 is 12.0 Å². The molecule has 0 heterocycles. The highest BCUT2D eigenvalue weighted by molar-refractivity contribution is 5.92. The number of carbonyl (C=O) groups is 2. The van der Waals surface area contributed by atoms with Gasteiger partial charge in [-0.15, -0.1) is 0 Å². The number of nitrogens with zero attached hydrogens (tertiary/aromatic N) is 1. The van der Waals surface area contributed by atoms with Crippen LogP contribution in [-0.4, -0.2) is 54.4 Å². The summed E-state index contributed by atoms with van der Waals surface area (Å²) in [6, 6.07) is -0.00769. The second-order valence-corrected chi connectivity index (χ2v) is 4.60. The van der Waals surface area contributed by atoms with Crippen LogP contribution in [0.15, 0.2) is 0 Å². The molecule has 6 nitrogen and oxygen atoms in total. The molecule has 0 aromatic carbocycles. The first kappa shape index (κ1) is 14.9. The van der Waals surface area contributed by atoms with Crippen molar-refractivity contribution in [1.29, 1.82) is 0 Å². The molecule has 0 aromatic heterocycles. The number of rotatable bonds is 4. The van der Waals surface area contributed by atoms with Gasteiger partial charge in [0.25, 0.3) is 0 Å². The summed E-state index contributed by atoms with van der Waals surface area (Å²) in [6.45, 7) is 1.99. The lowest BCUT2D eigenvalue weighted by atomic mass is 9.91. The Balaban J connectivity index is 2.36. The third-order valence-electron chi connectivity index (χ3n) is 3.17. The van der Waals surface area contributed by atoms with Gasteiger partial charge in [0.2, 0.25) is 5.91 Å². The molecule has 2 atom stereocenters. The number of amides is 2. The molecule has 1 aliphatic rings. The minimum atomic E-state index is -0.722. The molecule has 0 aliphatic heterocycles. The van der Waals surface area contributed by atoms with Gasteiger partial charge in [-0.2, -0.15) is 0 Å². The number of carbonyl (C=O) groups excluding carboxylic acids is 2. The fourth-order valence-electron chi connectivity index (χ4n) is 2.27. The first-order valence-electron chi connectivity index (χ1n) is 6.39. The molecule has 1 fully saturated rings. The molecule has 6 heteroatoms. The van der Waals surface area contributed by atoms with Gasteiger partial charge in [-0.05, 0) is 26.8 Å². The zero-order chi connectivity index (χ0) is 13.5. The van der Waals surface area contributed by atoms with Crippen molar-refractivity contribution in [2.75, 3.05) is 20.2 Å². The van der Waals surface area contributed by atoms with Crippen LogP contribution in [-0.2, 0) is 9.53 Å². The predicted octanol–water partition coefficient (Wildman–Crippen LogP) is 0.494. The highest BCUT2D eigenvalue weighted by atomic mass is 16.5. The lowest BCUT2D eigenvalue weighted by molar-refractivity contribution is -0.122. The highest BCUT2D eigenvalue weighted by Crippen LogP contribution is 2.21. The molecule has 18 heavy (non-hydrogen) atoms. The molecule has 2 N–H and O–H groups in total. The Morgan fingerprint density at radius 1 is 1.39 bits per heavy atom. The number of hydrogen-bond acceptors (Lipinski definition) is 5. The van der Waals surface area contributed by atoms with Crippen molar-refractivity contribution in [3.05, 3.63) is 0 Å². The minimum absolute atomic E-state index is 0.00769. The van der Waals surface area contributed by atoms with Gasteiger partial charge in [0.05, 0.1) is 19.3 Å². The summed E-state index contributed by atoms with van der Waals surface area (Å²) in [7, 11) is 1.78. The van der Waals surface area contributed by atoms with Crippen LogP contribution in [0.1, 0.15) is 32.6 Å². The number of alkyl carbamates (subject to hydrolysis) is 1. The number of hydrogen-bond donors (Lipinski definition) is 2. The number of ether oxygens (including phenoxy) is 1. The van der Waals surface area contributed by atoms with Gasteiger partial charge in [-0.1, -0.05) is 12.8 Å². The number of likely N-dealkylation sites (N-methyl/N-ethyl adjacent to an activating group) is 1. The van der Waals surface area contributed by atoms with E-state index >= 15 is 0 Å². The lowest BCUT2D eigenvalue weighted by Gasteiger charge is -2.34. The average Bonchev–Trinajstić information content (AvgIpc) is 2.29. The first-order chi connectivity index (χ1) is 8.54. The van der Waals surface area contributed by atoms with E-state index in [2.05, 4.69) is 10.1 Å². The molecule has 0 aromatic rings. The third kappa shape index (κ3) is 4.62.